The van der Waals surface area contributed by atoms with Crippen molar-refractivity contribution in [2.45, 2.75) is 31.8 Å². The average molecular weight is 269 g/mol. The molecule has 1 fully saturated rings. The first-order valence-electron chi connectivity index (χ1n) is 5.88. The van der Waals surface area contributed by atoms with Crippen molar-refractivity contribution >= 4 is 21.6 Å². The summed E-state index contributed by atoms with van der Waals surface area (Å²) in [5, 5.41) is 11.1. The maximum Gasteiger partial charge on any atom is 0.248 e. The quantitative estimate of drug-likeness (QED) is 0.902. The van der Waals surface area contributed by atoms with E-state index in [1.807, 2.05) is 25.1 Å². The van der Waals surface area contributed by atoms with Crippen LogP contribution in [-0.2, 0) is 0 Å². The van der Waals surface area contributed by atoms with Crippen LogP contribution in [0.5, 0.6) is 0 Å². The second-order valence-corrected chi connectivity index (χ2v) is 6.03. The van der Waals surface area contributed by atoms with Gasteiger partial charge in [0.05, 0.1) is 6.10 Å². The van der Waals surface area contributed by atoms with E-state index < -0.39 is 12.0 Å². The van der Waals surface area contributed by atoms with E-state index in [0.29, 0.717) is 0 Å². The molecule has 1 atom stereocenters. The van der Waals surface area contributed by atoms with Gasteiger partial charge in [0, 0.05) is 34.7 Å². The van der Waals surface area contributed by atoms with Crippen LogP contribution in [0.25, 0.3) is 10.2 Å². The van der Waals surface area contributed by atoms with Gasteiger partial charge in [0.2, 0.25) is 5.92 Å². The van der Waals surface area contributed by atoms with E-state index in [1.165, 1.54) is 11.3 Å². The van der Waals surface area contributed by atoms with Gasteiger partial charge in [0.25, 0.3) is 0 Å². The Bertz CT molecular complexity index is 588. The van der Waals surface area contributed by atoms with E-state index in [-0.39, 0.29) is 18.8 Å². The summed E-state index contributed by atoms with van der Waals surface area (Å²) in [6.45, 7) is 1.90. The van der Waals surface area contributed by atoms with Gasteiger partial charge >= 0.3 is 0 Å². The van der Waals surface area contributed by atoms with Crippen molar-refractivity contribution in [3.8, 4) is 0 Å². The van der Waals surface area contributed by atoms with Gasteiger partial charge in [-0.05, 0) is 19.1 Å². The average Bonchev–Trinajstić information content (AvgIpc) is 2.67. The molecule has 0 spiro atoms. The lowest BCUT2D eigenvalue weighted by Crippen LogP contribution is -2.38. The topological polar surface area (TPSA) is 33.1 Å². The van der Waals surface area contributed by atoms with E-state index in [1.54, 1.807) is 0 Å². The molecule has 0 aromatic carbocycles. The molecule has 2 aromatic rings. The molecule has 2 nitrogen and oxygen atoms in total. The zero-order valence-corrected chi connectivity index (χ0v) is 10.7. The third-order valence-electron chi connectivity index (χ3n) is 3.40. The molecule has 18 heavy (non-hydrogen) atoms. The summed E-state index contributed by atoms with van der Waals surface area (Å²) in [6, 6.07) is 5.70. The predicted molar refractivity (Wildman–Crippen MR) is 67.0 cm³/mol. The third kappa shape index (κ3) is 2.01. The smallest absolute Gasteiger partial charge is 0.248 e. The highest BCUT2D eigenvalue weighted by atomic mass is 32.1. The van der Waals surface area contributed by atoms with E-state index in [9.17, 15) is 13.9 Å². The van der Waals surface area contributed by atoms with Gasteiger partial charge in [-0.2, -0.15) is 0 Å². The van der Waals surface area contributed by atoms with Crippen LogP contribution in [-0.4, -0.2) is 16.0 Å². The number of aromatic nitrogens is 1. The standard InChI is InChI=1S/C13H13F2NOS/c1-7-2-3-8-4-10(18-12(8)16-7)11(17)9-5-13(14,15)6-9/h2-4,9,11,17H,5-6H2,1H3. The molecule has 0 aliphatic heterocycles. The lowest BCUT2D eigenvalue weighted by molar-refractivity contribution is -0.141. The van der Waals surface area contributed by atoms with Crippen molar-refractivity contribution in [1.29, 1.82) is 0 Å². The Kier molecular flexibility index (Phi) is 2.64. The van der Waals surface area contributed by atoms with Gasteiger partial charge in [-0.25, -0.2) is 13.8 Å². The van der Waals surface area contributed by atoms with Crippen molar-refractivity contribution in [2.24, 2.45) is 5.92 Å². The molecule has 96 valence electrons. The number of fused-ring (bicyclic) bond motifs is 1. The minimum atomic E-state index is -2.59. The van der Waals surface area contributed by atoms with Crippen molar-refractivity contribution in [3.05, 3.63) is 28.8 Å². The predicted octanol–water partition coefficient (Wildman–Crippen LogP) is 3.68. The molecule has 1 saturated carbocycles. The molecule has 0 radical (unpaired) electrons. The lowest BCUT2D eigenvalue weighted by atomic mass is 9.77. The normalized spacial score (nSPS) is 20.9. The SMILES string of the molecule is Cc1ccc2cc(C(O)C3CC(F)(F)C3)sc2n1. The number of pyridine rings is 1. The Morgan fingerprint density at radius 2 is 2.17 bits per heavy atom. The summed E-state index contributed by atoms with van der Waals surface area (Å²) >= 11 is 1.39. The number of aliphatic hydroxyl groups excluding tert-OH is 1. The summed E-state index contributed by atoms with van der Waals surface area (Å²) in [4.78, 5) is 5.97. The number of hydrogen-bond donors (Lipinski definition) is 1. The maximum atomic E-state index is 12.8. The number of alkyl halides is 2. The van der Waals surface area contributed by atoms with E-state index >= 15 is 0 Å². The second kappa shape index (κ2) is 3.96. The largest absolute Gasteiger partial charge is 0.387 e. The Hall–Kier alpha value is -1.07. The van der Waals surface area contributed by atoms with Gasteiger partial charge in [-0.1, -0.05) is 6.07 Å². The number of thiophene rings is 1. The van der Waals surface area contributed by atoms with Gasteiger partial charge in [-0.3, -0.25) is 0 Å². The summed E-state index contributed by atoms with van der Waals surface area (Å²) < 4.78 is 25.6. The monoisotopic (exact) mass is 269 g/mol. The van der Waals surface area contributed by atoms with Crippen LogP contribution in [0.1, 0.15) is 29.5 Å². The zero-order valence-electron chi connectivity index (χ0n) is 9.86. The fourth-order valence-electron chi connectivity index (χ4n) is 2.34. The van der Waals surface area contributed by atoms with Crippen molar-refractivity contribution < 1.29 is 13.9 Å². The first-order valence-corrected chi connectivity index (χ1v) is 6.69. The molecule has 5 heteroatoms. The van der Waals surface area contributed by atoms with Gasteiger partial charge in [0.15, 0.2) is 0 Å². The fraction of sp³-hybridized carbons (Fsp3) is 0.462. The lowest BCUT2D eigenvalue weighted by Gasteiger charge is -2.37. The Labute approximate surface area is 107 Å². The number of hydrogen-bond acceptors (Lipinski definition) is 3. The summed E-state index contributed by atoms with van der Waals surface area (Å²) in [7, 11) is 0. The number of halogens is 2. The minimum absolute atomic E-state index is 0.213. The maximum absolute atomic E-state index is 12.8. The minimum Gasteiger partial charge on any atom is -0.387 e. The molecule has 1 aliphatic carbocycles. The van der Waals surface area contributed by atoms with Crippen molar-refractivity contribution in [3.63, 3.8) is 0 Å². The summed E-state index contributed by atoms with van der Waals surface area (Å²) in [5.74, 6) is -2.91. The molecule has 0 bridgehead atoms. The van der Waals surface area contributed by atoms with E-state index in [2.05, 4.69) is 4.98 Å². The van der Waals surface area contributed by atoms with Crippen molar-refractivity contribution in [2.75, 3.05) is 0 Å². The molecule has 1 unspecified atom stereocenters. The Morgan fingerprint density at radius 3 is 2.83 bits per heavy atom. The third-order valence-corrected chi connectivity index (χ3v) is 4.52. The molecular weight excluding hydrogens is 256 g/mol. The highest BCUT2D eigenvalue weighted by Gasteiger charge is 2.48. The molecule has 1 aliphatic rings. The number of aryl methyl sites for hydroxylation is 1. The molecule has 0 amide bonds. The van der Waals surface area contributed by atoms with Crippen LogP contribution in [0, 0.1) is 12.8 Å². The number of rotatable bonds is 2. The summed E-state index contributed by atoms with van der Waals surface area (Å²) in [6.07, 6.45) is -1.21. The first-order chi connectivity index (χ1) is 8.44. The van der Waals surface area contributed by atoms with Gasteiger partial charge in [-0.15, -0.1) is 11.3 Å². The van der Waals surface area contributed by atoms with Crippen molar-refractivity contribution in [1.82, 2.24) is 4.98 Å². The molecular formula is C13H13F2NOS. The first kappa shape index (κ1) is 12.0. The fourth-order valence-corrected chi connectivity index (χ4v) is 3.50. The summed E-state index contributed by atoms with van der Waals surface area (Å²) in [5.41, 5.74) is 0.917. The van der Waals surface area contributed by atoms with E-state index in [0.717, 1.165) is 20.8 Å². The van der Waals surface area contributed by atoms with Crippen LogP contribution < -0.4 is 0 Å². The molecule has 2 heterocycles. The highest BCUT2D eigenvalue weighted by Crippen LogP contribution is 2.49. The van der Waals surface area contributed by atoms with Gasteiger partial charge in [0.1, 0.15) is 4.83 Å². The van der Waals surface area contributed by atoms with Gasteiger partial charge < -0.3 is 5.11 Å². The van der Waals surface area contributed by atoms with Crippen LogP contribution in [0.2, 0.25) is 0 Å². The molecule has 2 aromatic heterocycles. The molecule has 3 rings (SSSR count). The molecule has 1 N–H and O–H groups in total. The Balaban J connectivity index is 1.86. The van der Waals surface area contributed by atoms with Crippen LogP contribution in [0.15, 0.2) is 18.2 Å². The van der Waals surface area contributed by atoms with E-state index in [4.69, 9.17) is 0 Å². The number of aliphatic hydroxyl groups is 1. The van der Waals surface area contributed by atoms with Crippen LogP contribution in [0.4, 0.5) is 8.78 Å². The second-order valence-electron chi connectivity index (χ2n) is 4.96. The van der Waals surface area contributed by atoms with Crippen LogP contribution >= 0.6 is 11.3 Å². The Morgan fingerprint density at radius 1 is 1.44 bits per heavy atom. The highest BCUT2D eigenvalue weighted by molar-refractivity contribution is 7.18. The zero-order chi connectivity index (χ0) is 12.9. The number of nitrogens with zero attached hydrogens (tertiary/aromatic N) is 1. The van der Waals surface area contributed by atoms with Crippen LogP contribution in [0.3, 0.4) is 0 Å². The molecule has 0 saturated heterocycles.